The Bertz CT molecular complexity index is 642. The predicted octanol–water partition coefficient (Wildman–Crippen LogP) is 2.32. The van der Waals surface area contributed by atoms with Crippen molar-refractivity contribution >= 4 is 42.6 Å². The van der Waals surface area contributed by atoms with Crippen molar-refractivity contribution in [2.45, 2.75) is 26.4 Å². The molecule has 2 rings (SSSR count). The van der Waals surface area contributed by atoms with Gasteiger partial charge in [-0.3, -0.25) is 4.79 Å². The molecule has 0 amide bonds. The molecule has 0 bridgehead atoms. The molecule has 2 nitrogen and oxygen atoms in total. The second-order valence-corrected chi connectivity index (χ2v) is 7.01. The van der Waals surface area contributed by atoms with Gasteiger partial charge in [-0.15, -0.1) is 0 Å². The summed E-state index contributed by atoms with van der Waals surface area (Å²) in [6.07, 6.45) is 1.13. The average molecular weight is 362 g/mol. The Morgan fingerprint density at radius 3 is 2.22 bits per heavy atom. The van der Waals surface area contributed by atoms with Crippen LogP contribution >= 0.6 is 31.8 Å². The van der Waals surface area contributed by atoms with E-state index < -0.39 is 0 Å². The molecule has 0 aliphatic rings. The second-order valence-electron chi connectivity index (χ2n) is 4.91. The standard InChI is InChI=1S/C17H17Cl2O2P.Li/c1-3-11(2)21-12-7-9-13(10-8-12)22-17(20)16-14(18)5-4-6-15(16)19;/h4-11,22H,3H2,1-2H3;/q;+1. The van der Waals surface area contributed by atoms with Crippen LogP contribution in [0.1, 0.15) is 30.6 Å². The number of carbonyl (C=O) groups is 1. The van der Waals surface area contributed by atoms with Crippen molar-refractivity contribution in [3.8, 4) is 5.75 Å². The molecule has 0 N–H and O–H groups in total. The molecule has 0 aliphatic heterocycles. The largest absolute Gasteiger partial charge is 1.00 e. The van der Waals surface area contributed by atoms with Crippen LogP contribution < -0.4 is 28.9 Å². The van der Waals surface area contributed by atoms with Crippen LogP contribution in [0.5, 0.6) is 5.75 Å². The number of hydrogen-bond donors (Lipinski definition) is 0. The number of hydrogen-bond acceptors (Lipinski definition) is 2. The number of rotatable bonds is 6. The molecule has 0 aliphatic carbocycles. The van der Waals surface area contributed by atoms with Gasteiger partial charge in [-0.1, -0.05) is 48.3 Å². The van der Waals surface area contributed by atoms with Gasteiger partial charge in [0, 0.05) is 0 Å². The summed E-state index contributed by atoms with van der Waals surface area (Å²) < 4.78 is 5.72. The van der Waals surface area contributed by atoms with Crippen LogP contribution in [0.25, 0.3) is 0 Å². The molecule has 23 heavy (non-hydrogen) atoms. The molecule has 0 spiro atoms. The Morgan fingerprint density at radius 1 is 1.13 bits per heavy atom. The van der Waals surface area contributed by atoms with Crippen molar-refractivity contribution in [1.29, 1.82) is 0 Å². The number of carbonyl (C=O) groups excluding carboxylic acids is 1. The summed E-state index contributed by atoms with van der Waals surface area (Å²) >= 11 is 12.1. The van der Waals surface area contributed by atoms with Crippen LogP contribution in [0, 0.1) is 0 Å². The summed E-state index contributed by atoms with van der Waals surface area (Å²) in [6, 6.07) is 12.7. The Kier molecular flexibility index (Phi) is 8.70. The number of halogens is 2. The summed E-state index contributed by atoms with van der Waals surface area (Å²) in [5, 5.41) is 1.71. The smallest absolute Gasteiger partial charge is 0.491 e. The molecular weight excluding hydrogens is 345 g/mol. The van der Waals surface area contributed by atoms with Crippen LogP contribution in [-0.2, 0) is 0 Å². The van der Waals surface area contributed by atoms with Gasteiger partial charge in [-0.2, -0.15) is 0 Å². The zero-order valence-corrected chi connectivity index (χ0v) is 15.9. The van der Waals surface area contributed by atoms with E-state index in [1.54, 1.807) is 18.2 Å². The van der Waals surface area contributed by atoms with Crippen LogP contribution in [0.3, 0.4) is 0 Å². The average Bonchev–Trinajstić information content (AvgIpc) is 2.49. The van der Waals surface area contributed by atoms with Crippen molar-refractivity contribution in [1.82, 2.24) is 0 Å². The first-order valence-corrected chi connectivity index (χ1v) is 8.79. The molecule has 6 heteroatoms. The molecule has 0 saturated carbocycles. The first kappa shape index (κ1) is 20.6. The minimum atomic E-state index is -0.0637. The van der Waals surface area contributed by atoms with Gasteiger partial charge in [0.1, 0.15) is 5.75 Å². The Hall–Kier alpha value is -0.483. The summed E-state index contributed by atoms with van der Waals surface area (Å²) in [4.78, 5) is 12.4. The van der Waals surface area contributed by atoms with Gasteiger partial charge in [-0.05, 0) is 51.5 Å². The van der Waals surface area contributed by atoms with E-state index in [1.807, 2.05) is 31.2 Å². The fourth-order valence-corrected chi connectivity index (χ4v) is 3.56. The minimum absolute atomic E-state index is 0. The topological polar surface area (TPSA) is 26.3 Å². The molecule has 2 aromatic rings. The molecule has 2 atom stereocenters. The van der Waals surface area contributed by atoms with Gasteiger partial charge in [0.15, 0.2) is 5.52 Å². The van der Waals surface area contributed by atoms with Gasteiger partial charge in [0.05, 0.1) is 21.7 Å². The molecule has 0 saturated heterocycles. The van der Waals surface area contributed by atoms with E-state index in [-0.39, 0.29) is 39.1 Å². The number of ether oxygens (including phenoxy) is 1. The third kappa shape index (κ3) is 5.82. The van der Waals surface area contributed by atoms with Crippen molar-refractivity contribution in [2.75, 3.05) is 0 Å². The van der Waals surface area contributed by atoms with Gasteiger partial charge in [-0.25, -0.2) is 0 Å². The Morgan fingerprint density at radius 2 is 1.70 bits per heavy atom. The molecule has 2 unspecified atom stereocenters. The fraction of sp³-hybridized carbons (Fsp3) is 0.235. The fourth-order valence-electron chi connectivity index (χ4n) is 1.84. The SMILES string of the molecule is CCC(C)Oc1ccc(PC(=O)c2c(Cl)cccc2Cl)cc1.[Li+]. The maximum Gasteiger partial charge on any atom is 1.00 e. The van der Waals surface area contributed by atoms with E-state index in [0.29, 0.717) is 15.6 Å². The second kappa shape index (κ2) is 9.73. The molecule has 0 heterocycles. The molecule has 0 fully saturated rings. The predicted molar refractivity (Wildman–Crippen MR) is 95.6 cm³/mol. The third-order valence-electron chi connectivity index (χ3n) is 3.21. The summed E-state index contributed by atoms with van der Waals surface area (Å²) in [5.41, 5.74) is 0.329. The van der Waals surface area contributed by atoms with E-state index >= 15 is 0 Å². The summed E-state index contributed by atoms with van der Waals surface area (Å²) in [5.74, 6) is 0.811. The zero-order valence-electron chi connectivity index (χ0n) is 13.4. The van der Waals surface area contributed by atoms with Gasteiger partial charge >= 0.3 is 18.9 Å². The van der Waals surface area contributed by atoms with E-state index in [9.17, 15) is 4.79 Å². The maximum atomic E-state index is 12.4. The van der Waals surface area contributed by atoms with Crippen molar-refractivity contribution in [3.63, 3.8) is 0 Å². The Labute approximate surface area is 160 Å². The van der Waals surface area contributed by atoms with Crippen LogP contribution in [0.15, 0.2) is 42.5 Å². The quantitative estimate of drug-likeness (QED) is 0.583. The third-order valence-corrected chi connectivity index (χ3v) is 4.94. The first-order chi connectivity index (χ1) is 10.5. The van der Waals surface area contributed by atoms with E-state index in [1.165, 1.54) is 0 Å². The van der Waals surface area contributed by atoms with Crippen LogP contribution in [-0.4, -0.2) is 11.6 Å². The first-order valence-electron chi connectivity index (χ1n) is 7.03. The van der Waals surface area contributed by atoms with Crippen molar-refractivity contribution < 1.29 is 28.4 Å². The molecule has 0 radical (unpaired) electrons. The normalized spacial score (nSPS) is 12.0. The van der Waals surface area contributed by atoms with E-state index in [4.69, 9.17) is 27.9 Å². The van der Waals surface area contributed by atoms with Crippen molar-refractivity contribution in [2.24, 2.45) is 0 Å². The van der Waals surface area contributed by atoms with Crippen molar-refractivity contribution in [3.05, 3.63) is 58.1 Å². The van der Waals surface area contributed by atoms with Gasteiger partial charge in [0.2, 0.25) is 0 Å². The van der Waals surface area contributed by atoms with Gasteiger partial charge in [0.25, 0.3) is 0 Å². The van der Waals surface area contributed by atoms with E-state index in [2.05, 4.69) is 6.92 Å². The maximum absolute atomic E-state index is 12.4. The molecule has 116 valence electrons. The molecular formula is C17H17Cl2LiO2P+. The van der Waals surface area contributed by atoms with Gasteiger partial charge < -0.3 is 4.74 Å². The molecule has 2 aromatic carbocycles. The zero-order chi connectivity index (χ0) is 16.1. The Balaban J connectivity index is 0.00000264. The van der Waals surface area contributed by atoms with Crippen LogP contribution in [0.4, 0.5) is 0 Å². The van der Waals surface area contributed by atoms with Crippen LogP contribution in [0.2, 0.25) is 10.0 Å². The number of benzene rings is 2. The summed E-state index contributed by atoms with van der Waals surface area (Å²) in [7, 11) is -0.0223. The monoisotopic (exact) mass is 361 g/mol. The molecule has 0 aromatic heterocycles. The summed E-state index contributed by atoms with van der Waals surface area (Å²) in [6.45, 7) is 4.10. The minimum Gasteiger partial charge on any atom is -0.491 e. The van der Waals surface area contributed by atoms with E-state index in [0.717, 1.165) is 17.5 Å².